The molecule has 5 nitrogen and oxygen atoms in total. The third-order valence-electron chi connectivity index (χ3n) is 3.17. The van der Waals surface area contributed by atoms with Crippen LogP contribution in [0.5, 0.6) is 0 Å². The van der Waals surface area contributed by atoms with Crippen molar-refractivity contribution in [2.45, 2.75) is 20.8 Å². The average molecular weight is 318 g/mol. The Morgan fingerprint density at radius 3 is 2.45 bits per heavy atom. The minimum absolute atomic E-state index is 0.279. The number of nitrogen functional groups attached to an aromatic ring is 1. The molecule has 1 aromatic heterocycles. The molecule has 0 saturated carbocycles. The topological polar surface area (TPSA) is 81.4 Å². The molecule has 0 atom stereocenters. The zero-order chi connectivity index (χ0) is 16.3. The Kier molecular flexibility index (Phi) is 4.82. The second kappa shape index (κ2) is 6.62. The fraction of sp³-hybridized carbons (Fsp3) is 0.250. The van der Waals surface area contributed by atoms with Gasteiger partial charge >= 0.3 is 5.97 Å². The lowest BCUT2D eigenvalue weighted by molar-refractivity contribution is 0.0531. The van der Waals surface area contributed by atoms with Crippen molar-refractivity contribution in [1.82, 2.24) is 0 Å². The number of benzene rings is 1. The number of hydrogen-bond acceptors (Lipinski definition) is 5. The normalized spacial score (nSPS) is 10.3. The summed E-state index contributed by atoms with van der Waals surface area (Å²) in [6.07, 6.45) is 0. The van der Waals surface area contributed by atoms with Crippen molar-refractivity contribution < 1.29 is 14.3 Å². The average Bonchev–Trinajstić information content (AvgIpc) is 2.77. The number of nitrogens with one attached hydrogen (secondary N) is 1. The molecule has 0 fully saturated rings. The Balaban J connectivity index is 2.26. The van der Waals surface area contributed by atoms with Crippen molar-refractivity contribution in [3.05, 3.63) is 45.8 Å². The second-order valence-electron chi connectivity index (χ2n) is 4.84. The summed E-state index contributed by atoms with van der Waals surface area (Å²) in [6, 6.07) is 7.45. The number of esters is 1. The van der Waals surface area contributed by atoms with E-state index in [1.54, 1.807) is 13.8 Å². The van der Waals surface area contributed by atoms with Crippen LogP contribution in [0.1, 0.15) is 38.1 Å². The van der Waals surface area contributed by atoms with Crippen molar-refractivity contribution in [3.63, 3.8) is 0 Å². The number of amides is 1. The molecule has 0 saturated heterocycles. The SMILES string of the molecule is CCOC(=O)c1sc(N)c(C(=O)Nc2ccc(C)cc2)c1C. The number of carbonyl (C=O) groups excluding carboxylic acids is 2. The minimum atomic E-state index is -0.453. The Morgan fingerprint density at radius 2 is 1.86 bits per heavy atom. The number of nitrogens with two attached hydrogens (primary N) is 1. The molecule has 1 heterocycles. The van der Waals surface area contributed by atoms with Gasteiger partial charge in [0.05, 0.1) is 17.2 Å². The van der Waals surface area contributed by atoms with Crippen LogP contribution < -0.4 is 11.1 Å². The highest BCUT2D eigenvalue weighted by atomic mass is 32.1. The highest BCUT2D eigenvalue weighted by Gasteiger charge is 2.24. The quantitative estimate of drug-likeness (QED) is 0.847. The Hall–Kier alpha value is -2.34. The van der Waals surface area contributed by atoms with Crippen LogP contribution in [0, 0.1) is 13.8 Å². The summed E-state index contributed by atoms with van der Waals surface area (Å²) in [7, 11) is 0. The van der Waals surface area contributed by atoms with Crippen molar-refractivity contribution >= 4 is 33.9 Å². The van der Waals surface area contributed by atoms with Crippen molar-refractivity contribution in [1.29, 1.82) is 0 Å². The number of aryl methyl sites for hydroxylation is 1. The van der Waals surface area contributed by atoms with Gasteiger partial charge in [-0.2, -0.15) is 0 Å². The zero-order valence-electron chi connectivity index (χ0n) is 12.7. The highest BCUT2D eigenvalue weighted by molar-refractivity contribution is 7.18. The van der Waals surface area contributed by atoms with Gasteiger partial charge in [-0.1, -0.05) is 17.7 Å². The summed E-state index contributed by atoms with van der Waals surface area (Å²) >= 11 is 1.07. The lowest BCUT2D eigenvalue weighted by Gasteiger charge is -2.06. The van der Waals surface area contributed by atoms with Crippen LogP contribution >= 0.6 is 11.3 Å². The molecule has 0 unspecified atom stereocenters. The molecule has 22 heavy (non-hydrogen) atoms. The van der Waals surface area contributed by atoms with Gasteiger partial charge in [-0.05, 0) is 38.5 Å². The molecule has 6 heteroatoms. The molecule has 1 amide bonds. The molecule has 0 aliphatic carbocycles. The molecular formula is C16H18N2O3S. The third-order valence-corrected chi connectivity index (χ3v) is 4.27. The highest BCUT2D eigenvalue weighted by Crippen LogP contribution is 2.31. The summed E-state index contributed by atoms with van der Waals surface area (Å²) in [5.74, 6) is -0.781. The van der Waals surface area contributed by atoms with E-state index < -0.39 is 5.97 Å². The summed E-state index contributed by atoms with van der Waals surface area (Å²) in [6.45, 7) is 5.68. The number of hydrogen-bond donors (Lipinski definition) is 2. The molecule has 0 aliphatic rings. The summed E-state index contributed by atoms with van der Waals surface area (Å²) in [4.78, 5) is 24.6. The fourth-order valence-corrected chi connectivity index (χ4v) is 3.01. The van der Waals surface area contributed by atoms with Crippen LogP contribution in [0.4, 0.5) is 10.7 Å². The van der Waals surface area contributed by atoms with Gasteiger partial charge < -0.3 is 15.8 Å². The maximum atomic E-state index is 12.4. The van der Waals surface area contributed by atoms with E-state index in [0.29, 0.717) is 26.7 Å². The van der Waals surface area contributed by atoms with Crippen LogP contribution in [0.25, 0.3) is 0 Å². The monoisotopic (exact) mass is 318 g/mol. The van der Waals surface area contributed by atoms with E-state index in [2.05, 4.69) is 5.32 Å². The van der Waals surface area contributed by atoms with E-state index >= 15 is 0 Å². The first kappa shape index (κ1) is 16.0. The number of ether oxygens (including phenoxy) is 1. The summed E-state index contributed by atoms with van der Waals surface area (Å²) < 4.78 is 4.97. The summed E-state index contributed by atoms with van der Waals surface area (Å²) in [5.41, 5.74) is 8.56. The third kappa shape index (κ3) is 3.28. The van der Waals surface area contributed by atoms with Gasteiger partial charge in [-0.3, -0.25) is 4.79 Å². The van der Waals surface area contributed by atoms with Crippen LogP contribution in [0.2, 0.25) is 0 Å². The number of carbonyl (C=O) groups is 2. The Morgan fingerprint density at radius 1 is 1.23 bits per heavy atom. The van der Waals surface area contributed by atoms with Gasteiger partial charge in [0.1, 0.15) is 4.88 Å². The van der Waals surface area contributed by atoms with E-state index in [4.69, 9.17) is 10.5 Å². The first-order valence-electron chi connectivity index (χ1n) is 6.88. The van der Waals surface area contributed by atoms with Gasteiger partial charge in [0.2, 0.25) is 0 Å². The van der Waals surface area contributed by atoms with Gasteiger partial charge in [-0.25, -0.2) is 4.79 Å². The predicted molar refractivity (Wildman–Crippen MR) is 88.6 cm³/mol. The van der Waals surface area contributed by atoms with Crippen molar-refractivity contribution in [2.24, 2.45) is 0 Å². The molecule has 0 radical (unpaired) electrons. The van der Waals surface area contributed by atoms with Gasteiger partial charge in [0, 0.05) is 5.69 Å². The van der Waals surface area contributed by atoms with E-state index in [1.165, 1.54) is 0 Å². The number of rotatable bonds is 4. The first-order valence-corrected chi connectivity index (χ1v) is 7.69. The standard InChI is InChI=1S/C16H18N2O3S/c1-4-21-16(20)13-10(3)12(14(17)22-13)15(19)18-11-7-5-9(2)6-8-11/h5-8H,4,17H2,1-3H3,(H,18,19). The second-order valence-corrected chi connectivity index (χ2v) is 5.89. The van der Waals surface area contributed by atoms with E-state index in [9.17, 15) is 9.59 Å². The van der Waals surface area contributed by atoms with E-state index in [-0.39, 0.29) is 12.5 Å². The molecule has 2 aromatic rings. The minimum Gasteiger partial charge on any atom is -0.462 e. The van der Waals surface area contributed by atoms with Crippen molar-refractivity contribution in [2.75, 3.05) is 17.7 Å². The fourth-order valence-electron chi connectivity index (χ4n) is 2.04. The molecule has 1 aromatic carbocycles. The van der Waals surface area contributed by atoms with E-state index in [1.807, 2.05) is 31.2 Å². The maximum Gasteiger partial charge on any atom is 0.348 e. The van der Waals surface area contributed by atoms with E-state index in [0.717, 1.165) is 16.9 Å². The van der Waals surface area contributed by atoms with Gasteiger partial charge in [-0.15, -0.1) is 11.3 Å². The molecular weight excluding hydrogens is 300 g/mol. The molecule has 3 N–H and O–H groups in total. The zero-order valence-corrected chi connectivity index (χ0v) is 13.5. The Labute approximate surface area is 133 Å². The van der Waals surface area contributed by atoms with Crippen LogP contribution in [-0.4, -0.2) is 18.5 Å². The van der Waals surface area contributed by atoms with Crippen LogP contribution in [-0.2, 0) is 4.74 Å². The van der Waals surface area contributed by atoms with Crippen LogP contribution in [0.15, 0.2) is 24.3 Å². The lowest BCUT2D eigenvalue weighted by Crippen LogP contribution is -2.14. The maximum absolute atomic E-state index is 12.4. The largest absolute Gasteiger partial charge is 0.462 e. The van der Waals surface area contributed by atoms with Crippen molar-refractivity contribution in [3.8, 4) is 0 Å². The Bertz CT molecular complexity index is 705. The summed E-state index contributed by atoms with van der Waals surface area (Å²) in [5, 5.41) is 3.10. The molecule has 0 aliphatic heterocycles. The smallest absolute Gasteiger partial charge is 0.348 e. The molecule has 0 spiro atoms. The molecule has 0 bridgehead atoms. The number of anilines is 2. The van der Waals surface area contributed by atoms with Gasteiger partial charge in [0.25, 0.3) is 5.91 Å². The number of thiophene rings is 1. The molecule has 2 rings (SSSR count). The van der Waals surface area contributed by atoms with Crippen LogP contribution in [0.3, 0.4) is 0 Å². The predicted octanol–water partition coefficient (Wildman–Crippen LogP) is 3.38. The molecule has 116 valence electrons. The van der Waals surface area contributed by atoms with Gasteiger partial charge in [0.15, 0.2) is 0 Å². The lowest BCUT2D eigenvalue weighted by atomic mass is 10.1. The first-order chi connectivity index (χ1) is 10.4.